The summed E-state index contributed by atoms with van der Waals surface area (Å²) in [5.74, 6) is 1.32. The maximum Gasteiger partial charge on any atom is 0.122 e. The molecule has 1 aliphatic heterocycles. The van der Waals surface area contributed by atoms with Crippen LogP contribution in [0.15, 0.2) is 18.2 Å². The van der Waals surface area contributed by atoms with Crippen LogP contribution in [0.2, 0.25) is 0 Å². The molecule has 1 aromatic carbocycles. The van der Waals surface area contributed by atoms with Gasteiger partial charge in [-0.1, -0.05) is 26.3 Å². The number of hydrogen-bond donors (Lipinski definition) is 1. The van der Waals surface area contributed by atoms with Crippen LogP contribution in [0.4, 0.5) is 0 Å². The summed E-state index contributed by atoms with van der Waals surface area (Å²) in [6.45, 7) is 5.09. The highest BCUT2D eigenvalue weighted by molar-refractivity contribution is 5.39. The largest absolute Gasteiger partial charge is 0.493 e. The third kappa shape index (κ3) is 2.81. The number of aryl methyl sites for hydroxylation is 1. The molecule has 0 amide bonds. The Bertz CT molecular complexity index is 373. The van der Waals surface area contributed by atoms with Crippen LogP contribution in [0, 0.1) is 5.92 Å². The van der Waals surface area contributed by atoms with Gasteiger partial charge in [0.2, 0.25) is 0 Å². The van der Waals surface area contributed by atoms with Gasteiger partial charge in [-0.2, -0.15) is 0 Å². The Labute approximate surface area is 104 Å². The Morgan fingerprint density at radius 3 is 3.00 bits per heavy atom. The summed E-state index contributed by atoms with van der Waals surface area (Å²) in [5.41, 5.74) is 2.28. The lowest BCUT2D eigenvalue weighted by molar-refractivity contribution is 0.112. The van der Waals surface area contributed by atoms with Crippen LogP contribution >= 0.6 is 0 Å². The predicted octanol–water partition coefficient (Wildman–Crippen LogP) is 3.48. The van der Waals surface area contributed by atoms with Crippen LogP contribution in [-0.2, 0) is 6.42 Å². The zero-order valence-corrected chi connectivity index (χ0v) is 10.8. The fourth-order valence-corrected chi connectivity index (χ4v) is 2.51. The van der Waals surface area contributed by atoms with Gasteiger partial charge in [-0.3, -0.25) is 0 Å². The van der Waals surface area contributed by atoms with E-state index in [0.29, 0.717) is 5.92 Å². The van der Waals surface area contributed by atoms with E-state index >= 15 is 0 Å². The summed E-state index contributed by atoms with van der Waals surface area (Å²) in [4.78, 5) is 0. The molecule has 1 N–H and O–H groups in total. The molecule has 2 atom stereocenters. The van der Waals surface area contributed by atoms with Gasteiger partial charge < -0.3 is 9.84 Å². The molecule has 17 heavy (non-hydrogen) atoms. The Balaban J connectivity index is 2.15. The first-order chi connectivity index (χ1) is 8.22. The molecule has 0 fully saturated rings. The van der Waals surface area contributed by atoms with Crippen molar-refractivity contribution in [1.29, 1.82) is 0 Å². The van der Waals surface area contributed by atoms with Crippen molar-refractivity contribution in [3.63, 3.8) is 0 Å². The highest BCUT2D eigenvalue weighted by atomic mass is 16.5. The first kappa shape index (κ1) is 12.4. The number of aliphatic hydroxyl groups excluding tert-OH is 1. The minimum Gasteiger partial charge on any atom is -0.493 e. The van der Waals surface area contributed by atoms with E-state index in [9.17, 15) is 5.11 Å². The van der Waals surface area contributed by atoms with Gasteiger partial charge in [-0.15, -0.1) is 0 Å². The second kappa shape index (κ2) is 5.54. The van der Waals surface area contributed by atoms with E-state index in [0.717, 1.165) is 43.6 Å². The quantitative estimate of drug-likeness (QED) is 0.864. The molecule has 0 bridgehead atoms. The van der Waals surface area contributed by atoms with Crippen LogP contribution < -0.4 is 4.74 Å². The lowest BCUT2D eigenvalue weighted by atomic mass is 9.91. The smallest absolute Gasteiger partial charge is 0.122 e. The van der Waals surface area contributed by atoms with Crippen molar-refractivity contribution in [2.45, 2.75) is 45.6 Å². The van der Waals surface area contributed by atoms with Crippen LogP contribution in [0.3, 0.4) is 0 Å². The van der Waals surface area contributed by atoms with E-state index in [1.54, 1.807) is 0 Å². The van der Waals surface area contributed by atoms with Gasteiger partial charge in [0.25, 0.3) is 0 Å². The number of ether oxygens (including phenoxy) is 1. The van der Waals surface area contributed by atoms with Crippen LogP contribution in [0.5, 0.6) is 5.75 Å². The zero-order valence-electron chi connectivity index (χ0n) is 10.8. The molecular weight excluding hydrogens is 212 g/mol. The molecule has 2 rings (SSSR count). The van der Waals surface area contributed by atoms with Crippen LogP contribution in [-0.4, -0.2) is 11.7 Å². The Morgan fingerprint density at radius 1 is 1.41 bits per heavy atom. The highest BCUT2D eigenvalue weighted by Crippen LogP contribution is 2.31. The van der Waals surface area contributed by atoms with E-state index in [1.807, 2.05) is 12.1 Å². The van der Waals surface area contributed by atoms with Gasteiger partial charge in [-0.05, 0) is 48.4 Å². The van der Waals surface area contributed by atoms with E-state index in [2.05, 4.69) is 19.9 Å². The first-order valence-corrected chi connectivity index (χ1v) is 6.66. The summed E-state index contributed by atoms with van der Waals surface area (Å²) in [6, 6.07) is 6.12. The lowest BCUT2D eigenvalue weighted by Gasteiger charge is -2.22. The number of rotatable bonds is 4. The number of hydrogen-bond acceptors (Lipinski definition) is 2. The van der Waals surface area contributed by atoms with Gasteiger partial charge in [0.1, 0.15) is 5.75 Å². The fraction of sp³-hybridized carbons (Fsp3) is 0.600. The maximum atomic E-state index is 10.3. The monoisotopic (exact) mass is 234 g/mol. The van der Waals surface area contributed by atoms with Crippen molar-refractivity contribution < 1.29 is 9.84 Å². The zero-order chi connectivity index (χ0) is 12.3. The molecule has 0 radical (unpaired) electrons. The van der Waals surface area contributed by atoms with Gasteiger partial charge in [0.15, 0.2) is 0 Å². The Kier molecular flexibility index (Phi) is 4.06. The third-order valence-corrected chi connectivity index (χ3v) is 3.56. The molecule has 0 aliphatic carbocycles. The molecule has 1 heterocycles. The highest BCUT2D eigenvalue weighted by Gasteiger charge is 2.18. The number of aliphatic hydroxyl groups is 1. The average Bonchev–Trinajstić information content (AvgIpc) is 2.37. The molecule has 2 nitrogen and oxygen atoms in total. The predicted molar refractivity (Wildman–Crippen MR) is 69.3 cm³/mol. The Morgan fingerprint density at radius 2 is 2.24 bits per heavy atom. The van der Waals surface area contributed by atoms with Crippen molar-refractivity contribution in [3.05, 3.63) is 29.3 Å². The van der Waals surface area contributed by atoms with Crippen molar-refractivity contribution in [1.82, 2.24) is 0 Å². The minimum absolute atomic E-state index is 0.322. The maximum absolute atomic E-state index is 10.3. The summed E-state index contributed by atoms with van der Waals surface area (Å²) in [7, 11) is 0. The van der Waals surface area contributed by atoms with Crippen molar-refractivity contribution in [3.8, 4) is 5.75 Å². The van der Waals surface area contributed by atoms with Gasteiger partial charge in [0.05, 0.1) is 12.7 Å². The molecular formula is C15H22O2. The molecule has 1 aliphatic rings. The third-order valence-electron chi connectivity index (χ3n) is 3.56. The van der Waals surface area contributed by atoms with Gasteiger partial charge in [0, 0.05) is 0 Å². The molecule has 0 saturated carbocycles. The van der Waals surface area contributed by atoms with Crippen molar-refractivity contribution in [2.75, 3.05) is 6.61 Å². The first-order valence-electron chi connectivity index (χ1n) is 6.66. The molecule has 0 spiro atoms. The topological polar surface area (TPSA) is 29.5 Å². The van der Waals surface area contributed by atoms with E-state index < -0.39 is 0 Å². The molecule has 94 valence electrons. The second-order valence-corrected chi connectivity index (χ2v) is 5.03. The van der Waals surface area contributed by atoms with Gasteiger partial charge in [-0.25, -0.2) is 0 Å². The van der Waals surface area contributed by atoms with Crippen LogP contribution in [0.25, 0.3) is 0 Å². The standard InChI is InChI=1S/C15H22O2/c1-3-5-11(2)15(16)13-7-8-14-12(10-13)6-4-9-17-14/h7-8,10-11,15-16H,3-6,9H2,1-2H3. The Hall–Kier alpha value is -1.02. The van der Waals surface area contributed by atoms with E-state index in [1.165, 1.54) is 5.56 Å². The van der Waals surface area contributed by atoms with Gasteiger partial charge >= 0.3 is 0 Å². The molecule has 1 aromatic rings. The lowest BCUT2D eigenvalue weighted by Crippen LogP contribution is -2.12. The number of benzene rings is 1. The molecule has 0 saturated heterocycles. The second-order valence-electron chi connectivity index (χ2n) is 5.03. The van der Waals surface area contributed by atoms with E-state index in [4.69, 9.17) is 4.74 Å². The molecule has 2 heteroatoms. The molecule has 0 aromatic heterocycles. The molecule has 2 unspecified atom stereocenters. The summed E-state index contributed by atoms with van der Waals surface area (Å²) < 4.78 is 5.58. The van der Waals surface area contributed by atoms with Crippen LogP contribution in [0.1, 0.15) is 50.3 Å². The summed E-state index contributed by atoms with van der Waals surface area (Å²) in [6.07, 6.45) is 3.98. The summed E-state index contributed by atoms with van der Waals surface area (Å²) >= 11 is 0. The van der Waals surface area contributed by atoms with Crippen molar-refractivity contribution in [2.24, 2.45) is 5.92 Å². The number of fused-ring (bicyclic) bond motifs is 1. The van der Waals surface area contributed by atoms with Crippen molar-refractivity contribution >= 4 is 0 Å². The minimum atomic E-state index is -0.345. The van der Waals surface area contributed by atoms with E-state index in [-0.39, 0.29) is 6.10 Å². The average molecular weight is 234 g/mol. The SMILES string of the molecule is CCCC(C)C(O)c1ccc2c(c1)CCCO2. The fourth-order valence-electron chi connectivity index (χ4n) is 2.51. The summed E-state index contributed by atoms with van der Waals surface area (Å²) in [5, 5.41) is 10.3. The normalized spacial score (nSPS) is 18.1.